The number of pyridine rings is 1. The van der Waals surface area contributed by atoms with Crippen molar-refractivity contribution in [2.24, 2.45) is 0 Å². The van der Waals surface area contributed by atoms with Crippen molar-refractivity contribution in [2.45, 2.75) is 6.42 Å². The van der Waals surface area contributed by atoms with E-state index in [4.69, 9.17) is 5.26 Å². The van der Waals surface area contributed by atoms with Crippen LogP contribution in [0.25, 0.3) is 0 Å². The standard InChI is InChI=1S/C13H12N4O/c14-7-12-2-1-11(9-17-12)13(18)16-6-4-10-3-5-15-8-10/h1-3,5,8-9,15H,4,6H2,(H,16,18). The number of carbonyl (C=O) groups excluding carboxylic acids is 1. The Hall–Kier alpha value is -2.61. The molecular weight excluding hydrogens is 228 g/mol. The maximum absolute atomic E-state index is 11.7. The molecule has 1 amide bonds. The number of nitrogens with one attached hydrogen (secondary N) is 2. The largest absolute Gasteiger partial charge is 0.367 e. The van der Waals surface area contributed by atoms with Crippen LogP contribution in [0.3, 0.4) is 0 Å². The SMILES string of the molecule is N#Cc1ccc(C(=O)NCCc2cc[nH]c2)cn1. The zero-order valence-electron chi connectivity index (χ0n) is 9.68. The van der Waals surface area contributed by atoms with E-state index in [0.717, 1.165) is 12.0 Å². The highest BCUT2D eigenvalue weighted by Gasteiger charge is 2.05. The summed E-state index contributed by atoms with van der Waals surface area (Å²) in [7, 11) is 0. The number of hydrogen-bond acceptors (Lipinski definition) is 3. The highest BCUT2D eigenvalue weighted by Crippen LogP contribution is 2.00. The van der Waals surface area contributed by atoms with E-state index in [0.29, 0.717) is 17.8 Å². The van der Waals surface area contributed by atoms with E-state index in [2.05, 4.69) is 15.3 Å². The van der Waals surface area contributed by atoms with Gasteiger partial charge in [0.05, 0.1) is 5.56 Å². The minimum absolute atomic E-state index is 0.178. The molecule has 0 aliphatic rings. The van der Waals surface area contributed by atoms with E-state index < -0.39 is 0 Å². The first-order valence-electron chi connectivity index (χ1n) is 5.55. The molecular formula is C13H12N4O. The molecule has 0 radical (unpaired) electrons. The average molecular weight is 240 g/mol. The molecule has 0 fully saturated rings. The Morgan fingerprint density at radius 2 is 2.33 bits per heavy atom. The van der Waals surface area contributed by atoms with Crippen molar-refractivity contribution < 1.29 is 4.79 Å². The van der Waals surface area contributed by atoms with Crippen LogP contribution in [0, 0.1) is 11.3 Å². The summed E-state index contributed by atoms with van der Waals surface area (Å²) in [4.78, 5) is 18.5. The van der Waals surface area contributed by atoms with Crippen LogP contribution in [0.1, 0.15) is 21.6 Å². The van der Waals surface area contributed by atoms with Crippen LogP contribution < -0.4 is 5.32 Å². The lowest BCUT2D eigenvalue weighted by Crippen LogP contribution is -2.25. The fourth-order valence-electron chi connectivity index (χ4n) is 1.53. The summed E-state index contributed by atoms with van der Waals surface area (Å²) in [5, 5.41) is 11.4. The van der Waals surface area contributed by atoms with Gasteiger partial charge in [0.2, 0.25) is 0 Å². The number of carbonyl (C=O) groups is 1. The molecule has 0 aliphatic heterocycles. The van der Waals surface area contributed by atoms with E-state index in [1.807, 2.05) is 24.5 Å². The van der Waals surface area contributed by atoms with Crippen LogP contribution in [0.5, 0.6) is 0 Å². The van der Waals surface area contributed by atoms with Crippen LogP contribution in [-0.4, -0.2) is 22.4 Å². The second-order valence-corrected chi connectivity index (χ2v) is 3.77. The first-order chi connectivity index (χ1) is 8.79. The Morgan fingerprint density at radius 1 is 1.44 bits per heavy atom. The molecule has 0 atom stereocenters. The van der Waals surface area contributed by atoms with Gasteiger partial charge in [-0.05, 0) is 30.2 Å². The molecule has 0 bridgehead atoms. The first-order valence-corrected chi connectivity index (χ1v) is 5.55. The molecule has 2 aromatic rings. The van der Waals surface area contributed by atoms with Gasteiger partial charge in [-0.3, -0.25) is 4.79 Å². The maximum atomic E-state index is 11.7. The lowest BCUT2D eigenvalue weighted by Gasteiger charge is -2.03. The smallest absolute Gasteiger partial charge is 0.252 e. The Bertz CT molecular complexity index is 552. The molecule has 0 aromatic carbocycles. The third kappa shape index (κ3) is 2.95. The summed E-state index contributed by atoms with van der Waals surface area (Å²) in [6.45, 7) is 0.566. The van der Waals surface area contributed by atoms with Crippen molar-refractivity contribution in [1.82, 2.24) is 15.3 Å². The summed E-state index contributed by atoms with van der Waals surface area (Å²) < 4.78 is 0. The number of nitriles is 1. The predicted octanol–water partition coefficient (Wildman–Crippen LogP) is 1.25. The Labute approximate surface area is 104 Å². The molecule has 2 rings (SSSR count). The fraction of sp³-hybridized carbons (Fsp3) is 0.154. The number of rotatable bonds is 4. The van der Waals surface area contributed by atoms with Crippen molar-refractivity contribution in [2.75, 3.05) is 6.54 Å². The van der Waals surface area contributed by atoms with Crippen molar-refractivity contribution in [3.05, 3.63) is 53.6 Å². The minimum atomic E-state index is -0.178. The number of H-pyrrole nitrogens is 1. The summed E-state index contributed by atoms with van der Waals surface area (Å²) in [6, 6.07) is 7.00. The van der Waals surface area contributed by atoms with E-state index >= 15 is 0 Å². The normalized spacial score (nSPS) is 9.72. The van der Waals surface area contributed by atoms with Crippen LogP contribution >= 0.6 is 0 Å². The molecule has 2 aromatic heterocycles. The zero-order valence-corrected chi connectivity index (χ0v) is 9.68. The van der Waals surface area contributed by atoms with Gasteiger partial charge in [-0.2, -0.15) is 5.26 Å². The number of amides is 1. The summed E-state index contributed by atoms with van der Waals surface area (Å²) >= 11 is 0. The van der Waals surface area contributed by atoms with E-state index in [-0.39, 0.29) is 5.91 Å². The Morgan fingerprint density at radius 3 is 2.94 bits per heavy atom. The van der Waals surface area contributed by atoms with E-state index in [9.17, 15) is 4.79 Å². The van der Waals surface area contributed by atoms with Gasteiger partial charge in [0.15, 0.2) is 0 Å². The van der Waals surface area contributed by atoms with Gasteiger partial charge in [-0.25, -0.2) is 4.98 Å². The van der Waals surface area contributed by atoms with Crippen molar-refractivity contribution in [3.8, 4) is 6.07 Å². The van der Waals surface area contributed by atoms with Crippen molar-refractivity contribution in [3.63, 3.8) is 0 Å². The molecule has 0 unspecified atom stereocenters. The quantitative estimate of drug-likeness (QED) is 0.843. The molecule has 5 heteroatoms. The van der Waals surface area contributed by atoms with Gasteiger partial charge in [0.1, 0.15) is 11.8 Å². The number of nitrogens with zero attached hydrogens (tertiary/aromatic N) is 2. The van der Waals surface area contributed by atoms with E-state index in [1.165, 1.54) is 12.3 Å². The van der Waals surface area contributed by atoms with Crippen LogP contribution in [-0.2, 0) is 6.42 Å². The molecule has 0 saturated carbocycles. The molecule has 0 saturated heterocycles. The minimum Gasteiger partial charge on any atom is -0.367 e. The van der Waals surface area contributed by atoms with Gasteiger partial charge in [0.25, 0.3) is 5.91 Å². The van der Waals surface area contributed by atoms with Crippen LogP contribution in [0.15, 0.2) is 36.8 Å². The molecule has 18 heavy (non-hydrogen) atoms. The van der Waals surface area contributed by atoms with Gasteiger partial charge in [-0.15, -0.1) is 0 Å². The second kappa shape index (κ2) is 5.64. The molecule has 0 aliphatic carbocycles. The Kier molecular flexibility index (Phi) is 3.72. The third-order valence-corrected chi connectivity index (χ3v) is 2.50. The summed E-state index contributed by atoms with van der Waals surface area (Å²) in [5.41, 5.74) is 1.91. The topological polar surface area (TPSA) is 81.6 Å². The molecule has 90 valence electrons. The predicted molar refractivity (Wildman–Crippen MR) is 65.8 cm³/mol. The van der Waals surface area contributed by atoms with Gasteiger partial charge in [-0.1, -0.05) is 0 Å². The summed E-state index contributed by atoms with van der Waals surface area (Å²) in [5.74, 6) is -0.178. The van der Waals surface area contributed by atoms with Crippen molar-refractivity contribution in [1.29, 1.82) is 5.26 Å². The number of aromatic nitrogens is 2. The molecule has 5 nitrogen and oxygen atoms in total. The lowest BCUT2D eigenvalue weighted by molar-refractivity contribution is 0.0954. The molecule has 0 spiro atoms. The van der Waals surface area contributed by atoms with Gasteiger partial charge >= 0.3 is 0 Å². The molecule has 2 N–H and O–H groups in total. The number of aromatic amines is 1. The van der Waals surface area contributed by atoms with E-state index in [1.54, 1.807) is 6.07 Å². The molecule has 2 heterocycles. The second-order valence-electron chi connectivity index (χ2n) is 3.77. The Balaban J connectivity index is 1.86. The lowest BCUT2D eigenvalue weighted by atomic mass is 10.2. The maximum Gasteiger partial charge on any atom is 0.252 e. The number of hydrogen-bond donors (Lipinski definition) is 2. The highest BCUT2D eigenvalue weighted by molar-refractivity contribution is 5.93. The first kappa shape index (κ1) is 11.9. The summed E-state index contributed by atoms with van der Waals surface area (Å²) in [6.07, 6.45) is 5.93. The van der Waals surface area contributed by atoms with Gasteiger partial charge < -0.3 is 10.3 Å². The van der Waals surface area contributed by atoms with Crippen molar-refractivity contribution >= 4 is 5.91 Å². The van der Waals surface area contributed by atoms with Gasteiger partial charge in [0, 0.05) is 25.1 Å². The third-order valence-electron chi connectivity index (χ3n) is 2.50. The van der Waals surface area contributed by atoms with Crippen LogP contribution in [0.4, 0.5) is 0 Å². The average Bonchev–Trinajstić information content (AvgIpc) is 2.92. The monoisotopic (exact) mass is 240 g/mol. The van der Waals surface area contributed by atoms with Crippen LogP contribution in [0.2, 0.25) is 0 Å². The highest BCUT2D eigenvalue weighted by atomic mass is 16.1. The zero-order chi connectivity index (χ0) is 12.8. The fourth-order valence-corrected chi connectivity index (χ4v) is 1.53.